The Morgan fingerprint density at radius 1 is 1.64 bits per heavy atom. The van der Waals surface area contributed by atoms with Crippen LogP contribution in [0.15, 0.2) is 0 Å². The molecule has 0 bridgehead atoms. The third-order valence-corrected chi connectivity index (χ3v) is 1.20. The maximum absolute atomic E-state index is 12.8. The molecule has 0 aliphatic rings. The quantitative estimate of drug-likeness (QED) is 0.463. The van der Waals surface area contributed by atoms with E-state index < -0.39 is 18.4 Å². The van der Waals surface area contributed by atoms with Crippen LogP contribution in [0.2, 0.25) is 0 Å². The molecule has 0 saturated carbocycles. The Labute approximate surface area is 65.5 Å². The van der Waals surface area contributed by atoms with E-state index in [0.29, 0.717) is 0 Å². The topological polar surface area (TPSA) is 35.5 Å². The first-order valence-corrected chi connectivity index (χ1v) is 3.45. The van der Waals surface area contributed by atoms with Crippen LogP contribution in [0, 0.1) is 0 Å². The average Bonchev–Trinajstić information content (AvgIpc) is 1.98. The number of carbonyl (C=O) groups excluding carboxylic acids is 1. The van der Waals surface area contributed by atoms with Crippen LogP contribution >= 0.6 is 0 Å². The molecule has 4 heteroatoms. The van der Waals surface area contributed by atoms with Gasteiger partial charge >= 0.3 is 5.97 Å². The highest BCUT2D eigenvalue weighted by atomic mass is 19.1. The van der Waals surface area contributed by atoms with Gasteiger partial charge in [0.1, 0.15) is 0 Å². The van der Waals surface area contributed by atoms with E-state index in [9.17, 15) is 9.18 Å². The summed E-state index contributed by atoms with van der Waals surface area (Å²) in [4.78, 5) is 10.4. The van der Waals surface area contributed by atoms with E-state index in [1.165, 1.54) is 14.0 Å². The second-order valence-electron chi connectivity index (χ2n) is 2.14. The zero-order chi connectivity index (χ0) is 8.85. The molecule has 0 aromatic rings. The smallest absolute Gasteiger partial charge is 0.305 e. The first-order chi connectivity index (χ1) is 5.11. The number of carbonyl (C=O) groups is 1. The van der Waals surface area contributed by atoms with E-state index in [1.54, 1.807) is 6.92 Å². The molecule has 2 unspecified atom stereocenters. The van der Waals surface area contributed by atoms with Gasteiger partial charge in [-0.15, -0.1) is 0 Å². The summed E-state index contributed by atoms with van der Waals surface area (Å²) in [5, 5.41) is 0. The Balaban J connectivity index is 3.84. The van der Waals surface area contributed by atoms with E-state index in [0.717, 1.165) is 0 Å². The molecule has 0 aromatic carbocycles. The Hall–Kier alpha value is -0.640. The molecule has 0 aliphatic heterocycles. The largest absolute Gasteiger partial charge is 0.433 e. The van der Waals surface area contributed by atoms with Crippen molar-refractivity contribution in [3.05, 3.63) is 0 Å². The van der Waals surface area contributed by atoms with Crippen LogP contribution in [0.5, 0.6) is 0 Å². The van der Waals surface area contributed by atoms with Crippen molar-refractivity contribution in [1.29, 1.82) is 0 Å². The summed E-state index contributed by atoms with van der Waals surface area (Å²) in [6, 6.07) is 0. The summed E-state index contributed by atoms with van der Waals surface area (Å²) in [6.07, 6.45) is -2.03. The van der Waals surface area contributed by atoms with Gasteiger partial charge in [-0.25, -0.2) is 4.39 Å². The molecule has 2 atom stereocenters. The van der Waals surface area contributed by atoms with Gasteiger partial charge in [0.25, 0.3) is 0 Å². The van der Waals surface area contributed by atoms with E-state index in [1.807, 2.05) is 0 Å². The van der Waals surface area contributed by atoms with Gasteiger partial charge in [0.2, 0.25) is 6.29 Å². The lowest BCUT2D eigenvalue weighted by molar-refractivity contribution is -0.184. The summed E-state index contributed by atoms with van der Waals surface area (Å²) in [5.74, 6) is -0.534. The SMILES string of the molecule is CCC(F)C(OC)OC(C)=O. The van der Waals surface area contributed by atoms with E-state index in [4.69, 9.17) is 0 Å². The summed E-state index contributed by atoms with van der Waals surface area (Å²) < 4.78 is 21.9. The highest BCUT2D eigenvalue weighted by Gasteiger charge is 2.21. The Morgan fingerprint density at radius 3 is 2.45 bits per heavy atom. The molecule has 0 fully saturated rings. The van der Waals surface area contributed by atoms with Crippen molar-refractivity contribution in [3.8, 4) is 0 Å². The molecule has 0 spiro atoms. The van der Waals surface area contributed by atoms with Crippen molar-refractivity contribution in [1.82, 2.24) is 0 Å². The number of rotatable bonds is 4. The fourth-order valence-corrected chi connectivity index (χ4v) is 0.626. The second-order valence-corrected chi connectivity index (χ2v) is 2.14. The van der Waals surface area contributed by atoms with Crippen LogP contribution in [0.25, 0.3) is 0 Å². The monoisotopic (exact) mass is 164 g/mol. The maximum Gasteiger partial charge on any atom is 0.305 e. The standard InChI is InChI=1S/C7H13FO3/c1-4-6(8)7(10-3)11-5(2)9/h6-7H,4H2,1-3H3. The van der Waals surface area contributed by atoms with Gasteiger partial charge in [0, 0.05) is 14.0 Å². The molecular formula is C7H13FO3. The number of halogens is 1. The molecule has 0 heterocycles. The van der Waals surface area contributed by atoms with Crippen LogP contribution in [-0.2, 0) is 14.3 Å². The minimum absolute atomic E-state index is 0.270. The minimum Gasteiger partial charge on any atom is -0.433 e. The summed E-state index contributed by atoms with van der Waals surface area (Å²) in [7, 11) is 1.30. The number of hydrogen-bond donors (Lipinski definition) is 0. The van der Waals surface area contributed by atoms with Crippen molar-refractivity contribution in [2.75, 3.05) is 7.11 Å². The van der Waals surface area contributed by atoms with Crippen LogP contribution < -0.4 is 0 Å². The maximum atomic E-state index is 12.8. The summed E-state index contributed by atoms with van der Waals surface area (Å²) in [5.41, 5.74) is 0. The van der Waals surface area contributed by atoms with Crippen molar-refractivity contribution >= 4 is 5.97 Å². The van der Waals surface area contributed by atoms with Gasteiger partial charge in [-0.05, 0) is 6.42 Å². The Bertz CT molecular complexity index is 127. The molecule has 11 heavy (non-hydrogen) atoms. The molecule has 0 amide bonds. The fraction of sp³-hybridized carbons (Fsp3) is 0.857. The minimum atomic E-state index is -1.25. The average molecular weight is 164 g/mol. The number of esters is 1. The highest BCUT2D eigenvalue weighted by molar-refractivity contribution is 5.66. The first kappa shape index (κ1) is 10.4. The fourth-order valence-electron chi connectivity index (χ4n) is 0.626. The Kier molecular flexibility index (Phi) is 4.77. The second kappa shape index (κ2) is 5.07. The zero-order valence-corrected chi connectivity index (χ0v) is 6.96. The molecule has 0 aliphatic carbocycles. The van der Waals surface area contributed by atoms with Crippen LogP contribution in [-0.4, -0.2) is 25.5 Å². The van der Waals surface area contributed by atoms with Crippen LogP contribution in [0.4, 0.5) is 4.39 Å². The third-order valence-electron chi connectivity index (χ3n) is 1.20. The lowest BCUT2D eigenvalue weighted by Crippen LogP contribution is -2.28. The number of ether oxygens (including phenoxy) is 2. The number of alkyl halides is 1. The van der Waals surface area contributed by atoms with E-state index in [-0.39, 0.29) is 6.42 Å². The molecular weight excluding hydrogens is 151 g/mol. The van der Waals surface area contributed by atoms with Gasteiger partial charge in [-0.3, -0.25) is 4.79 Å². The highest BCUT2D eigenvalue weighted by Crippen LogP contribution is 2.08. The first-order valence-electron chi connectivity index (χ1n) is 3.45. The van der Waals surface area contributed by atoms with Crippen molar-refractivity contribution in [3.63, 3.8) is 0 Å². The molecule has 0 saturated heterocycles. The third kappa shape index (κ3) is 3.93. The summed E-state index contributed by atoms with van der Waals surface area (Å²) >= 11 is 0. The molecule has 3 nitrogen and oxygen atoms in total. The predicted molar refractivity (Wildman–Crippen MR) is 37.8 cm³/mol. The number of hydrogen-bond acceptors (Lipinski definition) is 3. The van der Waals surface area contributed by atoms with E-state index in [2.05, 4.69) is 9.47 Å². The van der Waals surface area contributed by atoms with Crippen molar-refractivity contribution < 1.29 is 18.7 Å². The summed E-state index contributed by atoms with van der Waals surface area (Å²) in [6.45, 7) is 2.87. The molecule has 0 radical (unpaired) electrons. The molecule has 0 aromatic heterocycles. The normalized spacial score (nSPS) is 15.6. The van der Waals surface area contributed by atoms with Crippen LogP contribution in [0.3, 0.4) is 0 Å². The molecule has 0 N–H and O–H groups in total. The van der Waals surface area contributed by atoms with Gasteiger partial charge in [-0.2, -0.15) is 0 Å². The van der Waals surface area contributed by atoms with Gasteiger partial charge in [0.05, 0.1) is 0 Å². The van der Waals surface area contributed by atoms with E-state index >= 15 is 0 Å². The van der Waals surface area contributed by atoms with Gasteiger partial charge in [-0.1, -0.05) is 6.92 Å². The van der Waals surface area contributed by atoms with Crippen molar-refractivity contribution in [2.45, 2.75) is 32.7 Å². The predicted octanol–water partition coefficient (Wildman–Crippen LogP) is 1.27. The lowest BCUT2D eigenvalue weighted by atomic mass is 10.3. The lowest BCUT2D eigenvalue weighted by Gasteiger charge is -2.17. The van der Waals surface area contributed by atoms with Crippen LogP contribution in [0.1, 0.15) is 20.3 Å². The molecule has 0 rings (SSSR count). The van der Waals surface area contributed by atoms with Gasteiger partial charge in [0.15, 0.2) is 6.17 Å². The van der Waals surface area contributed by atoms with Crippen molar-refractivity contribution in [2.24, 2.45) is 0 Å². The number of methoxy groups -OCH3 is 1. The molecule has 66 valence electrons. The zero-order valence-electron chi connectivity index (χ0n) is 6.96. The Morgan fingerprint density at radius 2 is 2.18 bits per heavy atom. The van der Waals surface area contributed by atoms with Gasteiger partial charge < -0.3 is 9.47 Å².